The molecule has 2 N–H and O–H groups in total. The van der Waals surface area contributed by atoms with Gasteiger partial charge in [0.15, 0.2) is 0 Å². The number of rotatable bonds is 4. The van der Waals surface area contributed by atoms with Gasteiger partial charge in [-0.3, -0.25) is 0 Å². The average molecular weight is 271 g/mol. The molecular weight excluding hydrogens is 242 g/mol. The topological polar surface area (TPSA) is 53.6 Å². The van der Waals surface area contributed by atoms with Crippen LogP contribution in [0.15, 0.2) is 0 Å². The van der Waals surface area contributed by atoms with E-state index in [2.05, 4.69) is 22.6 Å². The Bertz CT molecular complexity index is 281. The normalized spacial score (nSPS) is 20.1. The van der Waals surface area contributed by atoms with Crippen LogP contribution < -0.4 is 10.6 Å². The number of nitrogens with zero attached hydrogens (tertiary/aromatic N) is 1. The van der Waals surface area contributed by atoms with Gasteiger partial charge in [0.1, 0.15) is 5.60 Å². The minimum absolute atomic E-state index is 0.0782. The van der Waals surface area contributed by atoms with E-state index in [1.54, 1.807) is 0 Å². The van der Waals surface area contributed by atoms with E-state index in [0.29, 0.717) is 6.04 Å². The van der Waals surface area contributed by atoms with Crippen molar-refractivity contribution in [3.63, 3.8) is 0 Å². The van der Waals surface area contributed by atoms with E-state index in [9.17, 15) is 4.79 Å². The summed E-state index contributed by atoms with van der Waals surface area (Å²) in [4.78, 5) is 13.9. The van der Waals surface area contributed by atoms with E-state index in [0.717, 1.165) is 19.6 Å². The molecule has 0 bridgehead atoms. The monoisotopic (exact) mass is 271 g/mol. The van der Waals surface area contributed by atoms with Gasteiger partial charge >= 0.3 is 6.09 Å². The van der Waals surface area contributed by atoms with Crippen molar-refractivity contribution in [2.45, 2.75) is 58.2 Å². The fourth-order valence-electron chi connectivity index (χ4n) is 2.12. The van der Waals surface area contributed by atoms with Crippen LogP contribution in [0.1, 0.15) is 40.5 Å². The Balaban J connectivity index is 2.17. The highest BCUT2D eigenvalue weighted by molar-refractivity contribution is 5.68. The highest BCUT2D eigenvalue weighted by Gasteiger charge is 2.19. The van der Waals surface area contributed by atoms with Crippen LogP contribution in [0, 0.1) is 0 Å². The predicted molar refractivity (Wildman–Crippen MR) is 77.4 cm³/mol. The van der Waals surface area contributed by atoms with Crippen LogP contribution in [0.25, 0.3) is 0 Å². The Labute approximate surface area is 117 Å². The van der Waals surface area contributed by atoms with Crippen LogP contribution in [0.4, 0.5) is 4.79 Å². The molecule has 5 heteroatoms. The SMILES string of the molecule is CC(CNC1CCN(C)CC1)NC(=O)OC(C)(C)C. The summed E-state index contributed by atoms with van der Waals surface area (Å²) in [6.07, 6.45) is 2.01. The first-order valence-electron chi connectivity index (χ1n) is 7.18. The lowest BCUT2D eigenvalue weighted by Gasteiger charge is -2.30. The maximum atomic E-state index is 11.6. The van der Waals surface area contributed by atoms with Crippen molar-refractivity contribution in [3.05, 3.63) is 0 Å². The second kappa shape index (κ2) is 7.10. The van der Waals surface area contributed by atoms with Crippen LogP contribution in [0.2, 0.25) is 0 Å². The van der Waals surface area contributed by atoms with Gasteiger partial charge < -0.3 is 20.3 Å². The first-order chi connectivity index (χ1) is 8.76. The molecule has 0 aromatic heterocycles. The predicted octanol–water partition coefficient (Wildman–Crippen LogP) is 1.58. The van der Waals surface area contributed by atoms with Crippen molar-refractivity contribution in [2.75, 3.05) is 26.7 Å². The number of carbonyl (C=O) groups is 1. The van der Waals surface area contributed by atoms with E-state index in [1.165, 1.54) is 12.8 Å². The minimum Gasteiger partial charge on any atom is -0.444 e. The number of piperidine rings is 1. The summed E-state index contributed by atoms with van der Waals surface area (Å²) in [6.45, 7) is 10.7. The lowest BCUT2D eigenvalue weighted by molar-refractivity contribution is 0.0507. The minimum atomic E-state index is -0.439. The highest BCUT2D eigenvalue weighted by atomic mass is 16.6. The number of alkyl carbamates (subject to hydrolysis) is 1. The summed E-state index contributed by atoms with van der Waals surface area (Å²) in [5, 5.41) is 6.36. The number of hydrogen-bond acceptors (Lipinski definition) is 4. The molecule has 0 saturated carbocycles. The quantitative estimate of drug-likeness (QED) is 0.815. The van der Waals surface area contributed by atoms with Crippen molar-refractivity contribution < 1.29 is 9.53 Å². The molecule has 1 rings (SSSR count). The zero-order valence-corrected chi connectivity index (χ0v) is 13.0. The molecule has 1 aliphatic rings. The van der Waals surface area contributed by atoms with Gasteiger partial charge in [0.25, 0.3) is 0 Å². The summed E-state index contributed by atoms with van der Waals surface area (Å²) >= 11 is 0. The van der Waals surface area contributed by atoms with E-state index >= 15 is 0 Å². The van der Waals surface area contributed by atoms with Gasteiger partial charge in [0.05, 0.1) is 0 Å². The Hall–Kier alpha value is -0.810. The van der Waals surface area contributed by atoms with Gasteiger partial charge in [-0.1, -0.05) is 0 Å². The molecule has 1 saturated heterocycles. The zero-order valence-electron chi connectivity index (χ0n) is 13.0. The summed E-state index contributed by atoms with van der Waals surface area (Å²) < 4.78 is 5.23. The number of ether oxygens (including phenoxy) is 1. The van der Waals surface area contributed by atoms with E-state index in [1.807, 2.05) is 27.7 Å². The second-order valence-electron chi connectivity index (χ2n) is 6.53. The first-order valence-corrected chi connectivity index (χ1v) is 7.18. The Morgan fingerprint density at radius 2 is 1.95 bits per heavy atom. The fourth-order valence-corrected chi connectivity index (χ4v) is 2.12. The third kappa shape index (κ3) is 7.38. The maximum absolute atomic E-state index is 11.6. The van der Waals surface area contributed by atoms with Crippen LogP contribution >= 0.6 is 0 Å². The molecule has 1 atom stereocenters. The third-order valence-corrected chi connectivity index (χ3v) is 3.19. The van der Waals surface area contributed by atoms with Crippen LogP contribution in [-0.2, 0) is 4.74 Å². The van der Waals surface area contributed by atoms with Crippen LogP contribution in [-0.4, -0.2) is 55.4 Å². The van der Waals surface area contributed by atoms with Crippen molar-refractivity contribution in [1.29, 1.82) is 0 Å². The van der Waals surface area contributed by atoms with Crippen molar-refractivity contribution in [2.24, 2.45) is 0 Å². The lowest BCUT2D eigenvalue weighted by Crippen LogP contribution is -2.47. The van der Waals surface area contributed by atoms with E-state index < -0.39 is 5.60 Å². The van der Waals surface area contributed by atoms with Crippen molar-refractivity contribution in [3.8, 4) is 0 Å². The van der Waals surface area contributed by atoms with Crippen LogP contribution in [0.3, 0.4) is 0 Å². The summed E-state index contributed by atoms with van der Waals surface area (Å²) in [5.74, 6) is 0. The molecule has 1 heterocycles. The number of amides is 1. The second-order valence-corrected chi connectivity index (χ2v) is 6.53. The molecule has 0 aromatic rings. The number of hydrogen-bond donors (Lipinski definition) is 2. The molecule has 1 aliphatic heterocycles. The van der Waals surface area contributed by atoms with Gasteiger partial charge in [0.2, 0.25) is 0 Å². The maximum Gasteiger partial charge on any atom is 0.407 e. The average Bonchev–Trinajstić information content (AvgIpc) is 2.25. The largest absolute Gasteiger partial charge is 0.444 e. The van der Waals surface area contributed by atoms with E-state index in [-0.39, 0.29) is 12.1 Å². The molecule has 1 amide bonds. The molecule has 19 heavy (non-hydrogen) atoms. The molecule has 5 nitrogen and oxygen atoms in total. The first kappa shape index (κ1) is 16.2. The van der Waals surface area contributed by atoms with E-state index in [4.69, 9.17) is 4.74 Å². The molecule has 0 spiro atoms. The summed E-state index contributed by atoms with van der Waals surface area (Å²) in [5.41, 5.74) is -0.439. The van der Waals surface area contributed by atoms with Crippen LogP contribution in [0.5, 0.6) is 0 Å². The van der Waals surface area contributed by atoms with Crippen molar-refractivity contribution in [1.82, 2.24) is 15.5 Å². The molecular formula is C14H29N3O2. The smallest absolute Gasteiger partial charge is 0.407 e. The Kier molecular flexibility index (Phi) is 6.07. The molecule has 0 aromatic carbocycles. The molecule has 0 radical (unpaired) electrons. The van der Waals surface area contributed by atoms with Gasteiger partial charge in [0, 0.05) is 18.6 Å². The molecule has 112 valence electrons. The van der Waals surface area contributed by atoms with Gasteiger partial charge in [-0.25, -0.2) is 4.79 Å². The molecule has 1 unspecified atom stereocenters. The van der Waals surface area contributed by atoms with Gasteiger partial charge in [-0.2, -0.15) is 0 Å². The number of nitrogens with one attached hydrogen (secondary N) is 2. The van der Waals surface area contributed by atoms with Crippen molar-refractivity contribution >= 4 is 6.09 Å². The number of carbonyl (C=O) groups excluding carboxylic acids is 1. The number of likely N-dealkylation sites (tertiary alicyclic amines) is 1. The van der Waals surface area contributed by atoms with Gasteiger partial charge in [-0.15, -0.1) is 0 Å². The third-order valence-electron chi connectivity index (χ3n) is 3.19. The molecule has 0 aliphatic carbocycles. The Morgan fingerprint density at radius 3 is 2.47 bits per heavy atom. The highest BCUT2D eigenvalue weighted by Crippen LogP contribution is 2.08. The Morgan fingerprint density at radius 1 is 1.37 bits per heavy atom. The fraction of sp³-hybridized carbons (Fsp3) is 0.929. The molecule has 1 fully saturated rings. The summed E-state index contributed by atoms with van der Waals surface area (Å²) in [7, 11) is 2.16. The summed E-state index contributed by atoms with van der Waals surface area (Å²) in [6, 6.07) is 0.647. The standard InChI is InChI=1S/C14H29N3O2/c1-11(16-13(18)19-14(2,3)4)10-15-12-6-8-17(5)9-7-12/h11-12,15H,6-10H2,1-5H3,(H,16,18). The zero-order chi connectivity index (χ0) is 14.5. The lowest BCUT2D eigenvalue weighted by atomic mass is 10.1. The van der Waals surface area contributed by atoms with Gasteiger partial charge in [-0.05, 0) is 60.7 Å².